The van der Waals surface area contributed by atoms with Crippen LogP contribution in [-0.4, -0.2) is 37.3 Å². The zero-order chi connectivity index (χ0) is 20.6. The summed E-state index contributed by atoms with van der Waals surface area (Å²) in [6.45, 7) is 4.70. The molecule has 3 heterocycles. The minimum Gasteiger partial charge on any atom is -0.487 e. The predicted molar refractivity (Wildman–Crippen MR) is 112 cm³/mol. The zero-order valence-electron chi connectivity index (χ0n) is 16.6. The van der Waals surface area contributed by atoms with E-state index in [1.807, 2.05) is 38.1 Å². The second-order valence-corrected chi connectivity index (χ2v) is 11.4. The highest BCUT2D eigenvalue weighted by Crippen LogP contribution is 2.39. The number of amides is 1. The quantitative estimate of drug-likeness (QED) is 0.798. The Hall–Kier alpha value is -1.90. The van der Waals surface area contributed by atoms with Crippen LogP contribution >= 0.6 is 11.3 Å². The maximum atomic E-state index is 13.1. The summed E-state index contributed by atoms with van der Waals surface area (Å²) in [5.74, 6) is 0.352. The summed E-state index contributed by atoms with van der Waals surface area (Å²) in [5, 5.41) is 4.92. The summed E-state index contributed by atoms with van der Waals surface area (Å²) in [4.78, 5) is 13.1. The highest BCUT2D eigenvalue weighted by Gasteiger charge is 2.38. The molecule has 4 rings (SSSR count). The van der Waals surface area contributed by atoms with Gasteiger partial charge in [0, 0.05) is 25.1 Å². The van der Waals surface area contributed by atoms with E-state index in [4.69, 9.17) is 4.74 Å². The molecule has 0 radical (unpaired) electrons. The Labute approximate surface area is 175 Å². The van der Waals surface area contributed by atoms with E-state index in [0.717, 1.165) is 11.3 Å². The molecule has 1 amide bonds. The van der Waals surface area contributed by atoms with Gasteiger partial charge >= 0.3 is 0 Å². The lowest BCUT2D eigenvalue weighted by Gasteiger charge is -2.39. The molecular formula is C21H26N2O4S2. The Bertz CT molecular complexity index is 986. The number of sulfonamides is 1. The van der Waals surface area contributed by atoms with E-state index >= 15 is 0 Å². The van der Waals surface area contributed by atoms with Crippen LogP contribution in [0.1, 0.15) is 44.7 Å². The highest BCUT2D eigenvalue weighted by molar-refractivity contribution is 7.91. The molecule has 0 bridgehead atoms. The zero-order valence-corrected chi connectivity index (χ0v) is 18.3. The molecule has 0 unspecified atom stereocenters. The highest BCUT2D eigenvalue weighted by atomic mass is 32.2. The number of para-hydroxylation sites is 1. The number of carbonyl (C=O) groups excluding carboxylic acids is 1. The van der Waals surface area contributed by atoms with Crippen molar-refractivity contribution >= 4 is 27.3 Å². The van der Waals surface area contributed by atoms with Crippen molar-refractivity contribution in [1.29, 1.82) is 0 Å². The van der Waals surface area contributed by atoms with Gasteiger partial charge in [-0.1, -0.05) is 24.3 Å². The SMILES string of the molecule is CC1(C)C[C@H](NC(=O)[C@@H]2CCCN(S(=O)(=O)c3cccs3)C2)c2ccccc2O1. The maximum Gasteiger partial charge on any atom is 0.252 e. The Morgan fingerprint density at radius 2 is 2.03 bits per heavy atom. The average molecular weight is 435 g/mol. The normalized spacial score (nSPS) is 24.3. The number of thiophene rings is 1. The molecule has 2 aliphatic rings. The molecule has 0 saturated carbocycles. The molecule has 0 spiro atoms. The summed E-state index contributed by atoms with van der Waals surface area (Å²) < 4.78 is 33.5. The first-order valence-corrected chi connectivity index (χ1v) is 12.2. The van der Waals surface area contributed by atoms with E-state index < -0.39 is 10.0 Å². The molecule has 2 atom stereocenters. The Balaban J connectivity index is 1.49. The average Bonchev–Trinajstić information content (AvgIpc) is 3.23. The summed E-state index contributed by atoms with van der Waals surface area (Å²) in [7, 11) is -3.53. The van der Waals surface area contributed by atoms with Crippen molar-refractivity contribution in [3.63, 3.8) is 0 Å². The van der Waals surface area contributed by atoms with E-state index in [0.29, 0.717) is 30.0 Å². The summed E-state index contributed by atoms with van der Waals surface area (Å²) in [5.41, 5.74) is 0.590. The first-order chi connectivity index (χ1) is 13.8. The van der Waals surface area contributed by atoms with Crippen molar-refractivity contribution in [1.82, 2.24) is 9.62 Å². The first kappa shape index (κ1) is 20.4. The maximum absolute atomic E-state index is 13.1. The van der Waals surface area contributed by atoms with Crippen molar-refractivity contribution in [2.24, 2.45) is 5.92 Å². The summed E-state index contributed by atoms with van der Waals surface area (Å²) in [6, 6.07) is 11.0. The third kappa shape index (κ3) is 4.20. The van der Waals surface area contributed by atoms with Crippen LogP contribution in [-0.2, 0) is 14.8 Å². The van der Waals surface area contributed by atoms with Gasteiger partial charge in [-0.3, -0.25) is 4.79 Å². The number of carbonyl (C=O) groups is 1. The number of hydrogen-bond donors (Lipinski definition) is 1. The van der Waals surface area contributed by atoms with Gasteiger partial charge in [-0.05, 0) is 44.2 Å². The molecule has 1 saturated heterocycles. The summed E-state index contributed by atoms with van der Waals surface area (Å²) in [6.07, 6.45) is 2.04. The van der Waals surface area contributed by atoms with Gasteiger partial charge < -0.3 is 10.1 Å². The van der Waals surface area contributed by atoms with E-state index in [2.05, 4.69) is 5.32 Å². The number of benzene rings is 1. The van der Waals surface area contributed by atoms with E-state index in [1.54, 1.807) is 17.5 Å². The third-order valence-corrected chi connectivity index (χ3v) is 8.78. The fraction of sp³-hybridized carbons (Fsp3) is 0.476. The largest absolute Gasteiger partial charge is 0.487 e. The van der Waals surface area contributed by atoms with E-state index in [9.17, 15) is 13.2 Å². The number of piperidine rings is 1. The van der Waals surface area contributed by atoms with Crippen LogP contribution < -0.4 is 10.1 Å². The first-order valence-electron chi connectivity index (χ1n) is 9.88. The fourth-order valence-corrected chi connectivity index (χ4v) is 6.80. The number of fused-ring (bicyclic) bond motifs is 1. The monoisotopic (exact) mass is 434 g/mol. The standard InChI is InChI=1S/C21H26N2O4S2/c1-21(2)13-17(16-8-3-4-9-18(16)27-21)22-20(24)15-7-5-11-23(14-15)29(25,26)19-10-6-12-28-19/h3-4,6,8-10,12,15,17H,5,7,11,13-14H2,1-2H3,(H,22,24)/t15-,17+/m1/s1. The van der Waals surface area contributed by atoms with Crippen molar-refractivity contribution in [2.75, 3.05) is 13.1 Å². The third-order valence-electron chi connectivity index (χ3n) is 5.54. The van der Waals surface area contributed by atoms with Gasteiger partial charge in [-0.15, -0.1) is 11.3 Å². The molecule has 0 aliphatic carbocycles. The second kappa shape index (κ2) is 7.74. The van der Waals surface area contributed by atoms with Crippen molar-refractivity contribution in [3.05, 3.63) is 47.3 Å². The molecule has 6 nitrogen and oxygen atoms in total. The van der Waals surface area contributed by atoms with Crippen molar-refractivity contribution in [3.8, 4) is 5.75 Å². The van der Waals surface area contributed by atoms with Crippen LogP contribution in [0.2, 0.25) is 0 Å². The van der Waals surface area contributed by atoms with Gasteiger partial charge in [0.1, 0.15) is 15.6 Å². The molecule has 2 aliphatic heterocycles. The van der Waals surface area contributed by atoms with Gasteiger partial charge in [-0.25, -0.2) is 8.42 Å². The number of nitrogens with one attached hydrogen (secondary N) is 1. The van der Waals surface area contributed by atoms with E-state index in [-0.39, 0.29) is 30.0 Å². The molecule has 1 aromatic heterocycles. The van der Waals surface area contributed by atoms with Crippen LogP contribution in [0.4, 0.5) is 0 Å². The number of nitrogens with zero attached hydrogens (tertiary/aromatic N) is 1. The van der Waals surface area contributed by atoms with Crippen LogP contribution in [0.25, 0.3) is 0 Å². The molecule has 8 heteroatoms. The van der Waals surface area contributed by atoms with Crippen molar-refractivity contribution in [2.45, 2.75) is 49.0 Å². The fourth-order valence-electron chi connectivity index (χ4n) is 4.13. The van der Waals surface area contributed by atoms with Gasteiger partial charge in [-0.2, -0.15) is 4.31 Å². The Morgan fingerprint density at radius 1 is 1.24 bits per heavy atom. The smallest absolute Gasteiger partial charge is 0.252 e. The number of ether oxygens (including phenoxy) is 1. The molecule has 1 fully saturated rings. The van der Waals surface area contributed by atoms with Gasteiger partial charge in [0.2, 0.25) is 5.91 Å². The Kier molecular flexibility index (Phi) is 5.44. The molecule has 156 valence electrons. The number of hydrogen-bond acceptors (Lipinski definition) is 5. The lowest BCUT2D eigenvalue weighted by Crippen LogP contribution is -2.47. The predicted octanol–water partition coefficient (Wildman–Crippen LogP) is 3.57. The minimum absolute atomic E-state index is 0.0893. The topological polar surface area (TPSA) is 75.7 Å². The molecule has 1 N–H and O–H groups in total. The Morgan fingerprint density at radius 3 is 2.79 bits per heavy atom. The lowest BCUT2D eigenvalue weighted by molar-refractivity contribution is -0.127. The van der Waals surface area contributed by atoms with Crippen LogP contribution in [0.15, 0.2) is 46.0 Å². The number of rotatable bonds is 4. The van der Waals surface area contributed by atoms with Gasteiger partial charge in [0.25, 0.3) is 10.0 Å². The van der Waals surface area contributed by atoms with E-state index in [1.165, 1.54) is 15.6 Å². The lowest BCUT2D eigenvalue weighted by atomic mass is 9.89. The second-order valence-electron chi connectivity index (χ2n) is 8.30. The van der Waals surface area contributed by atoms with Crippen molar-refractivity contribution < 1.29 is 17.9 Å². The molecule has 2 aromatic rings. The van der Waals surface area contributed by atoms with Gasteiger partial charge in [0.15, 0.2) is 0 Å². The van der Waals surface area contributed by atoms with Crippen LogP contribution in [0.3, 0.4) is 0 Å². The van der Waals surface area contributed by atoms with Crippen LogP contribution in [0, 0.1) is 5.92 Å². The minimum atomic E-state index is -3.53. The van der Waals surface area contributed by atoms with Gasteiger partial charge in [0.05, 0.1) is 12.0 Å². The molecule has 29 heavy (non-hydrogen) atoms. The summed E-state index contributed by atoms with van der Waals surface area (Å²) >= 11 is 1.21. The van der Waals surface area contributed by atoms with Crippen LogP contribution in [0.5, 0.6) is 5.75 Å². The molecular weight excluding hydrogens is 408 g/mol. The molecule has 1 aromatic carbocycles.